The van der Waals surface area contributed by atoms with Crippen molar-refractivity contribution in [1.82, 2.24) is 4.90 Å². The maximum atomic E-state index is 13.1. The summed E-state index contributed by atoms with van der Waals surface area (Å²) >= 11 is 6.20. The summed E-state index contributed by atoms with van der Waals surface area (Å²) in [7, 11) is 0. The molecule has 0 unspecified atom stereocenters. The number of hydrogen-bond donors (Lipinski definition) is 1. The molecule has 1 N–H and O–H groups in total. The van der Waals surface area contributed by atoms with Crippen LogP contribution in [-0.4, -0.2) is 23.9 Å². The van der Waals surface area contributed by atoms with Crippen LogP contribution >= 0.6 is 11.6 Å². The summed E-state index contributed by atoms with van der Waals surface area (Å²) < 4.78 is 0. The Morgan fingerprint density at radius 3 is 2.48 bits per heavy atom. The van der Waals surface area contributed by atoms with Crippen LogP contribution in [0.4, 0.5) is 5.69 Å². The van der Waals surface area contributed by atoms with Crippen molar-refractivity contribution in [3.63, 3.8) is 0 Å². The lowest BCUT2D eigenvalue weighted by Crippen LogP contribution is -2.41. The average molecular weight is 357 g/mol. The Balaban J connectivity index is 1.83. The molecule has 25 heavy (non-hydrogen) atoms. The van der Waals surface area contributed by atoms with Gasteiger partial charge in [-0.25, -0.2) is 0 Å². The Morgan fingerprint density at radius 2 is 1.84 bits per heavy atom. The quantitative estimate of drug-likeness (QED) is 0.830. The normalized spacial score (nSPS) is 17.2. The third-order valence-corrected chi connectivity index (χ3v) is 5.39. The number of hydrogen-bond acceptors (Lipinski definition) is 2. The lowest BCUT2D eigenvalue weighted by Gasteiger charge is -2.36. The summed E-state index contributed by atoms with van der Waals surface area (Å²) in [5.41, 5.74) is 2.78. The van der Waals surface area contributed by atoms with E-state index in [2.05, 4.69) is 17.1 Å². The number of likely N-dealkylation sites (tertiary alicyclic amines) is 1. The van der Waals surface area contributed by atoms with Crippen molar-refractivity contribution >= 4 is 23.2 Å². The van der Waals surface area contributed by atoms with Gasteiger partial charge in [0.1, 0.15) is 6.04 Å². The fraction of sp³-hybridized carbons (Fsp3) is 0.381. The van der Waals surface area contributed by atoms with Gasteiger partial charge in [-0.1, -0.05) is 54.9 Å². The van der Waals surface area contributed by atoms with Gasteiger partial charge in [0.2, 0.25) is 5.91 Å². The first-order chi connectivity index (χ1) is 12.0. The molecule has 0 spiro atoms. The van der Waals surface area contributed by atoms with Crippen molar-refractivity contribution in [1.29, 1.82) is 0 Å². The molecule has 1 aliphatic heterocycles. The SMILES string of the molecule is Cc1ccc(NC(=O)[C@H](c2ccccc2)N2CCC(C)CC2)cc1Cl. The molecule has 1 saturated heterocycles. The van der Waals surface area contributed by atoms with Crippen LogP contribution in [0.1, 0.15) is 36.9 Å². The van der Waals surface area contributed by atoms with Gasteiger partial charge >= 0.3 is 0 Å². The number of benzene rings is 2. The number of nitrogens with one attached hydrogen (secondary N) is 1. The molecule has 3 nitrogen and oxygen atoms in total. The molecule has 1 fully saturated rings. The minimum absolute atomic E-state index is 0.000623. The number of rotatable bonds is 4. The first-order valence-electron chi connectivity index (χ1n) is 8.90. The van der Waals surface area contributed by atoms with Crippen LogP contribution < -0.4 is 5.32 Å². The van der Waals surface area contributed by atoms with E-state index in [1.807, 2.05) is 55.5 Å². The first kappa shape index (κ1) is 18.0. The summed E-state index contributed by atoms with van der Waals surface area (Å²) in [5.74, 6) is 0.729. The lowest BCUT2D eigenvalue weighted by atomic mass is 9.95. The van der Waals surface area contributed by atoms with Crippen LogP contribution in [0, 0.1) is 12.8 Å². The minimum Gasteiger partial charge on any atom is -0.324 e. The second kappa shape index (κ2) is 8.03. The second-order valence-corrected chi connectivity index (χ2v) is 7.39. The molecule has 4 heteroatoms. The van der Waals surface area contributed by atoms with Crippen molar-refractivity contribution in [2.45, 2.75) is 32.7 Å². The molecule has 0 radical (unpaired) electrons. The van der Waals surface area contributed by atoms with E-state index < -0.39 is 0 Å². The Morgan fingerprint density at radius 1 is 1.16 bits per heavy atom. The van der Waals surface area contributed by atoms with Gasteiger partial charge in [-0.05, 0) is 62.0 Å². The van der Waals surface area contributed by atoms with Crippen molar-refractivity contribution in [3.8, 4) is 0 Å². The highest BCUT2D eigenvalue weighted by Gasteiger charge is 2.30. The zero-order valence-electron chi connectivity index (χ0n) is 14.8. The lowest BCUT2D eigenvalue weighted by molar-refractivity contribution is -0.122. The van der Waals surface area contributed by atoms with Gasteiger partial charge in [-0.2, -0.15) is 0 Å². The van der Waals surface area contributed by atoms with Gasteiger partial charge in [0.15, 0.2) is 0 Å². The van der Waals surface area contributed by atoms with Gasteiger partial charge in [-0.3, -0.25) is 9.69 Å². The number of nitrogens with zero attached hydrogens (tertiary/aromatic N) is 1. The number of amides is 1. The van der Waals surface area contributed by atoms with Crippen molar-refractivity contribution < 1.29 is 4.79 Å². The summed E-state index contributed by atoms with van der Waals surface area (Å²) in [6.07, 6.45) is 2.26. The predicted octanol–water partition coefficient (Wildman–Crippen LogP) is 5.06. The standard InChI is InChI=1S/C21H25ClN2O/c1-15-10-12-24(13-11-15)20(17-6-4-3-5-7-17)21(25)23-18-9-8-16(2)19(22)14-18/h3-9,14-15,20H,10-13H2,1-2H3,(H,23,25)/t20-/m0/s1. The van der Waals surface area contributed by atoms with Crippen LogP contribution in [0.15, 0.2) is 48.5 Å². The fourth-order valence-corrected chi connectivity index (χ4v) is 3.51. The molecule has 0 saturated carbocycles. The van der Waals surface area contributed by atoms with Crippen LogP contribution in [0.3, 0.4) is 0 Å². The average Bonchev–Trinajstić information content (AvgIpc) is 2.61. The molecule has 1 heterocycles. The van der Waals surface area contributed by atoms with E-state index in [0.717, 1.165) is 48.7 Å². The molecule has 1 amide bonds. The van der Waals surface area contributed by atoms with E-state index in [1.54, 1.807) is 0 Å². The van der Waals surface area contributed by atoms with Gasteiger partial charge in [0.05, 0.1) is 0 Å². The van der Waals surface area contributed by atoms with E-state index >= 15 is 0 Å². The Labute approximate surface area is 155 Å². The van der Waals surface area contributed by atoms with Crippen LogP contribution in [0.25, 0.3) is 0 Å². The van der Waals surface area contributed by atoms with Gasteiger partial charge < -0.3 is 5.32 Å². The second-order valence-electron chi connectivity index (χ2n) is 6.98. The third-order valence-electron chi connectivity index (χ3n) is 4.99. The molecule has 1 aliphatic rings. The predicted molar refractivity (Wildman–Crippen MR) is 104 cm³/mol. The number of halogens is 1. The molecular weight excluding hydrogens is 332 g/mol. The third kappa shape index (κ3) is 4.42. The zero-order valence-corrected chi connectivity index (χ0v) is 15.6. The summed E-state index contributed by atoms with van der Waals surface area (Å²) in [5, 5.41) is 3.72. The molecule has 0 bridgehead atoms. The highest BCUT2D eigenvalue weighted by atomic mass is 35.5. The van der Waals surface area contributed by atoms with E-state index in [-0.39, 0.29) is 11.9 Å². The Hall–Kier alpha value is -1.84. The van der Waals surface area contributed by atoms with Gasteiger partial charge in [0, 0.05) is 10.7 Å². The Bertz CT molecular complexity index is 724. The molecule has 132 valence electrons. The van der Waals surface area contributed by atoms with Crippen molar-refractivity contribution in [3.05, 3.63) is 64.7 Å². The molecular formula is C21H25ClN2O. The molecule has 0 aliphatic carbocycles. The summed E-state index contributed by atoms with van der Waals surface area (Å²) in [6.45, 7) is 6.13. The highest BCUT2D eigenvalue weighted by Crippen LogP contribution is 2.28. The summed E-state index contributed by atoms with van der Waals surface area (Å²) in [4.78, 5) is 15.4. The van der Waals surface area contributed by atoms with Gasteiger partial charge in [0.25, 0.3) is 0 Å². The number of aryl methyl sites for hydroxylation is 1. The fourth-order valence-electron chi connectivity index (χ4n) is 3.33. The van der Waals surface area contributed by atoms with E-state index in [9.17, 15) is 4.79 Å². The molecule has 2 aromatic rings. The molecule has 3 rings (SSSR count). The van der Waals surface area contributed by atoms with Crippen LogP contribution in [-0.2, 0) is 4.79 Å². The maximum Gasteiger partial charge on any atom is 0.246 e. The van der Waals surface area contributed by atoms with E-state index in [1.165, 1.54) is 0 Å². The zero-order chi connectivity index (χ0) is 17.8. The van der Waals surface area contributed by atoms with Crippen LogP contribution in [0.2, 0.25) is 5.02 Å². The number of carbonyl (C=O) groups excluding carboxylic acids is 1. The van der Waals surface area contributed by atoms with E-state index in [4.69, 9.17) is 11.6 Å². The number of carbonyl (C=O) groups is 1. The maximum absolute atomic E-state index is 13.1. The first-order valence-corrected chi connectivity index (χ1v) is 9.28. The molecule has 1 atom stereocenters. The van der Waals surface area contributed by atoms with Crippen LogP contribution in [0.5, 0.6) is 0 Å². The van der Waals surface area contributed by atoms with Gasteiger partial charge in [-0.15, -0.1) is 0 Å². The minimum atomic E-state index is -0.270. The number of anilines is 1. The summed E-state index contributed by atoms with van der Waals surface area (Å²) in [6, 6.07) is 15.4. The highest BCUT2D eigenvalue weighted by molar-refractivity contribution is 6.31. The topological polar surface area (TPSA) is 32.3 Å². The number of piperidine rings is 1. The van der Waals surface area contributed by atoms with E-state index in [0.29, 0.717) is 5.02 Å². The molecule has 2 aromatic carbocycles. The molecule has 0 aromatic heterocycles. The largest absolute Gasteiger partial charge is 0.324 e. The smallest absolute Gasteiger partial charge is 0.246 e. The Kier molecular flexibility index (Phi) is 5.77. The van der Waals surface area contributed by atoms with Crippen molar-refractivity contribution in [2.24, 2.45) is 5.92 Å². The van der Waals surface area contributed by atoms with Crippen molar-refractivity contribution in [2.75, 3.05) is 18.4 Å². The monoisotopic (exact) mass is 356 g/mol.